The van der Waals surface area contributed by atoms with Crippen LogP contribution in [0, 0.1) is 0 Å². The number of anilines is 1. The van der Waals surface area contributed by atoms with Crippen LogP contribution in [-0.4, -0.2) is 23.0 Å². The van der Waals surface area contributed by atoms with Crippen LogP contribution in [0.2, 0.25) is 0 Å². The molecule has 3 heterocycles. The average molecular weight is 410 g/mol. The summed E-state index contributed by atoms with van der Waals surface area (Å²) in [5.41, 5.74) is 0.738. The van der Waals surface area contributed by atoms with Gasteiger partial charge in [-0.05, 0) is 34.1 Å². The maximum absolute atomic E-state index is 12.2. The van der Waals surface area contributed by atoms with Crippen LogP contribution in [0.25, 0.3) is 9.88 Å². The van der Waals surface area contributed by atoms with E-state index in [9.17, 15) is 4.79 Å². The Morgan fingerprint density at radius 3 is 3.00 bits per heavy atom. The minimum atomic E-state index is -0.175. The van der Waals surface area contributed by atoms with Gasteiger partial charge in [-0.1, -0.05) is 0 Å². The number of halogens is 1. The summed E-state index contributed by atoms with van der Waals surface area (Å²) in [7, 11) is 1.54. The fourth-order valence-electron chi connectivity index (χ4n) is 1.92. The molecule has 0 spiro atoms. The third kappa shape index (κ3) is 3.95. The lowest BCUT2D eigenvalue weighted by Gasteiger charge is -2.07. The quantitative estimate of drug-likeness (QED) is 0.684. The molecule has 118 valence electrons. The van der Waals surface area contributed by atoms with Gasteiger partial charge in [0.2, 0.25) is 5.91 Å². The average Bonchev–Trinajstić information content (AvgIpc) is 3.16. The topological polar surface area (TPSA) is 64.1 Å². The molecular weight excluding hydrogens is 398 g/mol. The number of aromatic nitrogens is 2. The first-order valence-electron chi connectivity index (χ1n) is 6.63. The van der Waals surface area contributed by atoms with Crippen molar-refractivity contribution in [2.75, 3.05) is 12.4 Å². The number of methoxy groups -OCH3 is 1. The van der Waals surface area contributed by atoms with E-state index in [2.05, 4.69) is 31.2 Å². The Kier molecular flexibility index (Phi) is 5.04. The summed E-state index contributed by atoms with van der Waals surface area (Å²) in [4.78, 5) is 21.9. The predicted molar refractivity (Wildman–Crippen MR) is 96.2 cm³/mol. The zero-order valence-corrected chi connectivity index (χ0v) is 15.3. The molecule has 0 aliphatic carbocycles. The van der Waals surface area contributed by atoms with E-state index in [0.29, 0.717) is 11.6 Å². The van der Waals surface area contributed by atoms with Crippen LogP contribution in [-0.2, 0) is 11.2 Å². The molecule has 0 unspecified atom stereocenters. The van der Waals surface area contributed by atoms with E-state index in [1.165, 1.54) is 11.3 Å². The summed E-state index contributed by atoms with van der Waals surface area (Å²) >= 11 is 6.58. The number of thiophene rings is 1. The van der Waals surface area contributed by atoms with E-state index in [0.717, 1.165) is 20.1 Å². The van der Waals surface area contributed by atoms with Gasteiger partial charge < -0.3 is 10.1 Å². The van der Waals surface area contributed by atoms with E-state index in [1.54, 1.807) is 36.8 Å². The number of pyridine rings is 1. The number of hydrogen-bond acceptors (Lipinski definition) is 6. The molecule has 0 aliphatic rings. The summed E-state index contributed by atoms with van der Waals surface area (Å²) in [6.07, 6.45) is 1.80. The first-order valence-corrected chi connectivity index (χ1v) is 9.18. The second-order valence-corrected chi connectivity index (χ2v) is 7.24. The first-order chi connectivity index (χ1) is 11.2. The van der Waals surface area contributed by atoms with E-state index < -0.39 is 0 Å². The third-order valence-electron chi connectivity index (χ3n) is 2.92. The minimum absolute atomic E-state index is 0.175. The van der Waals surface area contributed by atoms with Gasteiger partial charge in [0.25, 0.3) is 0 Å². The van der Waals surface area contributed by atoms with Gasteiger partial charge in [-0.3, -0.25) is 4.79 Å². The SMILES string of the molecule is COc1cccnc1NC(=O)Cc1csc(-c2cc(Br)cs2)n1. The molecule has 3 aromatic rings. The van der Waals surface area contributed by atoms with Crippen molar-refractivity contribution in [3.05, 3.63) is 45.3 Å². The molecule has 1 N–H and O–H groups in total. The fraction of sp³-hybridized carbons (Fsp3) is 0.133. The monoisotopic (exact) mass is 409 g/mol. The number of carbonyl (C=O) groups is 1. The number of nitrogens with one attached hydrogen (secondary N) is 1. The van der Waals surface area contributed by atoms with Crippen LogP contribution in [0.1, 0.15) is 5.69 Å². The van der Waals surface area contributed by atoms with Gasteiger partial charge in [0.15, 0.2) is 11.6 Å². The molecule has 0 radical (unpaired) electrons. The zero-order chi connectivity index (χ0) is 16.2. The molecule has 0 fully saturated rings. The van der Waals surface area contributed by atoms with Crippen LogP contribution in [0.4, 0.5) is 5.82 Å². The highest BCUT2D eigenvalue weighted by atomic mass is 79.9. The summed E-state index contributed by atoms with van der Waals surface area (Å²) in [5, 5.41) is 7.57. The largest absolute Gasteiger partial charge is 0.493 e. The number of thiazole rings is 1. The molecule has 1 amide bonds. The van der Waals surface area contributed by atoms with Crippen molar-refractivity contribution in [1.29, 1.82) is 0 Å². The zero-order valence-electron chi connectivity index (χ0n) is 12.1. The Hall–Kier alpha value is -1.77. The Morgan fingerprint density at radius 2 is 2.26 bits per heavy atom. The maximum Gasteiger partial charge on any atom is 0.231 e. The predicted octanol–water partition coefficient (Wildman–Crippen LogP) is 4.22. The van der Waals surface area contributed by atoms with Crippen molar-refractivity contribution < 1.29 is 9.53 Å². The second-order valence-electron chi connectivity index (χ2n) is 4.55. The Balaban J connectivity index is 1.68. The van der Waals surface area contributed by atoms with Crippen molar-refractivity contribution in [1.82, 2.24) is 9.97 Å². The number of amides is 1. The third-order valence-corrected chi connectivity index (χ3v) is 5.67. The standard InChI is InChI=1S/C15H12BrN3O2S2/c1-21-11-3-2-4-17-14(11)19-13(20)6-10-8-23-15(18-10)12-5-9(16)7-22-12/h2-5,7-8H,6H2,1H3,(H,17,19,20). The van der Waals surface area contributed by atoms with Crippen LogP contribution >= 0.6 is 38.6 Å². The Morgan fingerprint density at radius 1 is 1.39 bits per heavy atom. The summed E-state index contributed by atoms with van der Waals surface area (Å²) in [5.74, 6) is 0.770. The fourth-order valence-corrected chi connectivity index (χ4v) is 4.24. The smallest absolute Gasteiger partial charge is 0.231 e. The minimum Gasteiger partial charge on any atom is -0.493 e. The molecule has 8 heteroatoms. The van der Waals surface area contributed by atoms with E-state index in [1.807, 2.05) is 16.8 Å². The highest BCUT2D eigenvalue weighted by Gasteiger charge is 2.12. The molecule has 0 aliphatic heterocycles. The van der Waals surface area contributed by atoms with Crippen molar-refractivity contribution in [2.24, 2.45) is 0 Å². The molecule has 0 atom stereocenters. The van der Waals surface area contributed by atoms with E-state index in [4.69, 9.17) is 4.74 Å². The van der Waals surface area contributed by atoms with Gasteiger partial charge >= 0.3 is 0 Å². The number of nitrogens with zero attached hydrogens (tertiary/aromatic N) is 2. The van der Waals surface area contributed by atoms with Crippen molar-refractivity contribution >= 4 is 50.3 Å². The van der Waals surface area contributed by atoms with E-state index >= 15 is 0 Å². The number of rotatable bonds is 5. The second kappa shape index (κ2) is 7.20. The van der Waals surface area contributed by atoms with Gasteiger partial charge in [-0.15, -0.1) is 22.7 Å². The van der Waals surface area contributed by atoms with Crippen LogP contribution < -0.4 is 10.1 Å². The number of hydrogen-bond donors (Lipinski definition) is 1. The lowest BCUT2D eigenvalue weighted by Crippen LogP contribution is -2.16. The summed E-state index contributed by atoms with van der Waals surface area (Å²) < 4.78 is 6.20. The number of carbonyl (C=O) groups excluding carboxylic acids is 1. The first kappa shape index (κ1) is 16.1. The molecule has 0 saturated heterocycles. The summed E-state index contributed by atoms with van der Waals surface area (Å²) in [6.45, 7) is 0. The summed E-state index contributed by atoms with van der Waals surface area (Å²) in [6, 6.07) is 5.52. The van der Waals surface area contributed by atoms with Crippen molar-refractivity contribution in [3.8, 4) is 15.6 Å². The lowest BCUT2D eigenvalue weighted by molar-refractivity contribution is -0.115. The van der Waals surface area contributed by atoms with Crippen LogP contribution in [0.5, 0.6) is 5.75 Å². The number of ether oxygens (including phenoxy) is 1. The highest BCUT2D eigenvalue weighted by Crippen LogP contribution is 2.32. The Labute approximate surface area is 149 Å². The molecule has 5 nitrogen and oxygen atoms in total. The van der Waals surface area contributed by atoms with Gasteiger partial charge in [-0.25, -0.2) is 9.97 Å². The van der Waals surface area contributed by atoms with Gasteiger partial charge in [0.1, 0.15) is 5.01 Å². The molecule has 3 rings (SSSR count). The molecule has 3 aromatic heterocycles. The van der Waals surface area contributed by atoms with E-state index in [-0.39, 0.29) is 12.3 Å². The van der Waals surface area contributed by atoms with Crippen LogP contribution in [0.15, 0.2) is 39.6 Å². The van der Waals surface area contributed by atoms with Crippen molar-refractivity contribution in [2.45, 2.75) is 6.42 Å². The molecule has 23 heavy (non-hydrogen) atoms. The molecule has 0 bridgehead atoms. The Bertz CT molecular complexity index is 832. The normalized spacial score (nSPS) is 10.5. The maximum atomic E-state index is 12.2. The molecule has 0 saturated carbocycles. The van der Waals surface area contributed by atoms with Gasteiger partial charge in [0, 0.05) is 21.4 Å². The molecular formula is C15H12BrN3O2S2. The van der Waals surface area contributed by atoms with Gasteiger partial charge in [0.05, 0.1) is 24.1 Å². The lowest BCUT2D eigenvalue weighted by atomic mass is 10.3. The van der Waals surface area contributed by atoms with Gasteiger partial charge in [-0.2, -0.15) is 0 Å². The molecule has 0 aromatic carbocycles. The van der Waals surface area contributed by atoms with Crippen molar-refractivity contribution in [3.63, 3.8) is 0 Å². The highest BCUT2D eigenvalue weighted by molar-refractivity contribution is 9.10. The van der Waals surface area contributed by atoms with Crippen LogP contribution in [0.3, 0.4) is 0 Å².